The van der Waals surface area contributed by atoms with Crippen molar-refractivity contribution in [1.29, 1.82) is 0 Å². The Morgan fingerprint density at radius 3 is 2.27 bits per heavy atom. The molecule has 1 N–H and O–H groups in total. The summed E-state index contributed by atoms with van der Waals surface area (Å²) in [7, 11) is 0. The Labute approximate surface area is 97.0 Å². The van der Waals surface area contributed by atoms with Crippen molar-refractivity contribution in [2.45, 2.75) is 20.4 Å². The minimum Gasteiger partial charge on any atom is -0.312 e. The summed E-state index contributed by atoms with van der Waals surface area (Å²) in [4.78, 5) is 0. The van der Waals surface area contributed by atoms with E-state index in [1.54, 1.807) is 0 Å². The van der Waals surface area contributed by atoms with E-state index in [1.807, 2.05) is 13.8 Å². The van der Waals surface area contributed by atoms with E-state index in [0.29, 0.717) is 10.4 Å². The minimum absolute atomic E-state index is 0.0962. The van der Waals surface area contributed by atoms with Crippen LogP contribution in [0.3, 0.4) is 0 Å². The molecule has 0 fully saturated rings. The predicted octanol–water partition coefficient (Wildman–Crippen LogP) is 3.47. The maximum atomic E-state index is 13.3. The van der Waals surface area contributed by atoms with Crippen LogP contribution in [0.5, 0.6) is 0 Å². The summed E-state index contributed by atoms with van der Waals surface area (Å²) in [5.41, 5.74) is 0.0962. The number of rotatable bonds is 4. The Kier molecular flexibility index (Phi) is 4.67. The van der Waals surface area contributed by atoms with Gasteiger partial charge in [-0.15, -0.1) is 0 Å². The molecule has 0 aliphatic rings. The molecule has 0 atom stereocenters. The van der Waals surface area contributed by atoms with Crippen molar-refractivity contribution < 1.29 is 8.78 Å². The lowest BCUT2D eigenvalue weighted by molar-refractivity contribution is 0.507. The number of nitrogens with one attached hydrogen (secondary N) is 1. The van der Waals surface area contributed by atoms with E-state index in [9.17, 15) is 8.78 Å². The smallest absolute Gasteiger partial charge is 0.131 e. The van der Waals surface area contributed by atoms with E-state index in [4.69, 9.17) is 0 Å². The van der Waals surface area contributed by atoms with Crippen LogP contribution in [0.1, 0.15) is 19.4 Å². The molecule has 1 aromatic rings. The van der Waals surface area contributed by atoms with Crippen molar-refractivity contribution in [3.63, 3.8) is 0 Å². The van der Waals surface area contributed by atoms with Crippen LogP contribution in [0.4, 0.5) is 8.78 Å². The Balaban J connectivity index is 2.68. The van der Waals surface area contributed by atoms with E-state index in [-0.39, 0.29) is 12.1 Å². The summed E-state index contributed by atoms with van der Waals surface area (Å²) >= 11 is 3.04. The first-order valence-electron chi connectivity index (χ1n) is 4.85. The molecule has 0 bridgehead atoms. The molecule has 1 nitrogen and oxygen atoms in total. The molecule has 0 aliphatic heterocycles. The van der Waals surface area contributed by atoms with Gasteiger partial charge in [-0.05, 0) is 24.6 Å². The van der Waals surface area contributed by atoms with Gasteiger partial charge in [0.25, 0.3) is 0 Å². The molecule has 1 rings (SSSR count). The van der Waals surface area contributed by atoms with Crippen LogP contribution in [0, 0.1) is 17.6 Å². The molecular weight excluding hydrogens is 264 g/mol. The molecule has 0 radical (unpaired) electrons. The fraction of sp³-hybridized carbons (Fsp3) is 0.455. The molecule has 0 saturated carbocycles. The second-order valence-electron chi connectivity index (χ2n) is 3.87. The molecule has 0 unspecified atom stereocenters. The van der Waals surface area contributed by atoms with Crippen molar-refractivity contribution in [3.05, 3.63) is 33.8 Å². The third kappa shape index (κ3) is 3.87. The second-order valence-corrected chi connectivity index (χ2v) is 4.79. The third-order valence-electron chi connectivity index (χ3n) is 1.96. The van der Waals surface area contributed by atoms with Crippen molar-refractivity contribution in [3.8, 4) is 0 Å². The fourth-order valence-electron chi connectivity index (χ4n) is 1.23. The van der Waals surface area contributed by atoms with Gasteiger partial charge < -0.3 is 5.32 Å². The van der Waals surface area contributed by atoms with Gasteiger partial charge in [0.2, 0.25) is 0 Å². The highest BCUT2D eigenvalue weighted by Gasteiger charge is 2.09. The summed E-state index contributed by atoms with van der Waals surface area (Å²) in [6, 6.07) is 2.55. The van der Waals surface area contributed by atoms with Gasteiger partial charge in [0, 0.05) is 16.6 Å². The van der Waals surface area contributed by atoms with Crippen LogP contribution in [0.15, 0.2) is 16.6 Å². The Hall–Kier alpha value is -0.480. The highest BCUT2D eigenvalue weighted by Crippen LogP contribution is 2.19. The van der Waals surface area contributed by atoms with Crippen LogP contribution in [0.25, 0.3) is 0 Å². The SMILES string of the molecule is CC(C)CNCc1c(F)cc(Br)cc1F. The zero-order valence-electron chi connectivity index (χ0n) is 8.78. The van der Waals surface area contributed by atoms with Crippen molar-refractivity contribution in [1.82, 2.24) is 5.32 Å². The molecule has 0 spiro atoms. The predicted molar refractivity (Wildman–Crippen MR) is 60.6 cm³/mol. The molecule has 0 saturated heterocycles. The summed E-state index contributed by atoms with van der Waals surface area (Å²) in [5.74, 6) is -0.567. The first kappa shape index (κ1) is 12.6. The Bertz CT molecular complexity index is 316. The van der Waals surface area contributed by atoms with Crippen LogP contribution in [-0.4, -0.2) is 6.54 Å². The number of hydrogen-bond donors (Lipinski definition) is 1. The average molecular weight is 278 g/mol. The second kappa shape index (κ2) is 5.56. The molecular formula is C11H14BrF2N. The highest BCUT2D eigenvalue weighted by molar-refractivity contribution is 9.10. The summed E-state index contributed by atoms with van der Waals surface area (Å²) in [5, 5.41) is 3.01. The van der Waals surface area contributed by atoms with Crippen LogP contribution < -0.4 is 5.32 Å². The van der Waals surface area contributed by atoms with Crippen LogP contribution in [-0.2, 0) is 6.54 Å². The first-order valence-corrected chi connectivity index (χ1v) is 5.64. The Morgan fingerprint density at radius 1 is 1.27 bits per heavy atom. The van der Waals surface area contributed by atoms with Gasteiger partial charge in [-0.2, -0.15) is 0 Å². The first-order chi connectivity index (χ1) is 7.00. The van der Waals surface area contributed by atoms with Crippen molar-refractivity contribution >= 4 is 15.9 Å². The fourth-order valence-corrected chi connectivity index (χ4v) is 1.63. The van der Waals surface area contributed by atoms with Gasteiger partial charge in [-0.1, -0.05) is 29.8 Å². The number of halogens is 3. The standard InChI is InChI=1S/C11H14BrF2N/c1-7(2)5-15-6-9-10(13)3-8(12)4-11(9)14/h3-4,7,15H,5-6H2,1-2H3. The molecule has 84 valence electrons. The molecule has 0 amide bonds. The summed E-state index contributed by atoms with van der Waals surface area (Å²) < 4.78 is 27.1. The van der Waals surface area contributed by atoms with Crippen molar-refractivity contribution in [2.75, 3.05) is 6.54 Å². The van der Waals surface area contributed by atoms with E-state index < -0.39 is 11.6 Å². The van der Waals surface area contributed by atoms with Gasteiger partial charge in [0.15, 0.2) is 0 Å². The van der Waals surface area contributed by atoms with Crippen LogP contribution in [0.2, 0.25) is 0 Å². The topological polar surface area (TPSA) is 12.0 Å². The lowest BCUT2D eigenvalue weighted by Gasteiger charge is -2.09. The van der Waals surface area contributed by atoms with E-state index in [0.717, 1.165) is 6.54 Å². The maximum Gasteiger partial charge on any atom is 0.131 e. The molecule has 15 heavy (non-hydrogen) atoms. The maximum absolute atomic E-state index is 13.3. The van der Waals surface area contributed by atoms with Gasteiger partial charge in [0.1, 0.15) is 11.6 Å². The lowest BCUT2D eigenvalue weighted by Crippen LogP contribution is -2.20. The monoisotopic (exact) mass is 277 g/mol. The normalized spacial score (nSPS) is 11.1. The zero-order chi connectivity index (χ0) is 11.4. The zero-order valence-corrected chi connectivity index (χ0v) is 10.4. The molecule has 0 aliphatic carbocycles. The number of benzene rings is 1. The molecule has 4 heteroatoms. The minimum atomic E-state index is -0.516. The van der Waals surface area contributed by atoms with E-state index in [1.165, 1.54) is 12.1 Å². The Morgan fingerprint density at radius 2 is 1.80 bits per heavy atom. The van der Waals surface area contributed by atoms with Gasteiger partial charge in [0.05, 0.1) is 0 Å². The lowest BCUT2D eigenvalue weighted by atomic mass is 10.2. The van der Waals surface area contributed by atoms with Crippen molar-refractivity contribution in [2.24, 2.45) is 5.92 Å². The highest BCUT2D eigenvalue weighted by atomic mass is 79.9. The van der Waals surface area contributed by atoms with Crippen LogP contribution >= 0.6 is 15.9 Å². The molecule has 1 aromatic carbocycles. The summed E-state index contributed by atoms with van der Waals surface area (Å²) in [6.45, 7) is 5.06. The average Bonchev–Trinajstić information content (AvgIpc) is 2.08. The third-order valence-corrected chi connectivity index (χ3v) is 2.42. The largest absolute Gasteiger partial charge is 0.312 e. The van der Waals surface area contributed by atoms with Gasteiger partial charge in [-0.25, -0.2) is 8.78 Å². The van der Waals surface area contributed by atoms with Gasteiger partial charge >= 0.3 is 0 Å². The molecule has 0 heterocycles. The summed E-state index contributed by atoms with van der Waals surface area (Å²) in [6.07, 6.45) is 0. The number of hydrogen-bond acceptors (Lipinski definition) is 1. The van der Waals surface area contributed by atoms with Gasteiger partial charge in [-0.3, -0.25) is 0 Å². The molecule has 0 aromatic heterocycles. The van der Waals surface area contributed by atoms with E-state index in [2.05, 4.69) is 21.2 Å². The quantitative estimate of drug-likeness (QED) is 0.889. The van der Waals surface area contributed by atoms with E-state index >= 15 is 0 Å².